The second-order valence-corrected chi connectivity index (χ2v) is 3.49. The Labute approximate surface area is 103 Å². The third-order valence-corrected chi connectivity index (χ3v) is 2.30. The normalized spacial score (nSPS) is 11.5. The first-order valence-corrected chi connectivity index (χ1v) is 5.09. The van der Waals surface area contributed by atoms with Crippen molar-refractivity contribution in [1.29, 1.82) is 0 Å². The van der Waals surface area contributed by atoms with E-state index in [4.69, 9.17) is 5.84 Å². The van der Waals surface area contributed by atoms with E-state index in [0.717, 1.165) is 0 Å². The van der Waals surface area contributed by atoms with E-state index in [2.05, 4.69) is 15.5 Å². The van der Waals surface area contributed by atoms with Crippen molar-refractivity contribution in [3.8, 4) is 0 Å². The number of carbonyl (C=O) groups is 1. The van der Waals surface area contributed by atoms with Gasteiger partial charge in [0.1, 0.15) is 17.4 Å². The number of esters is 1. The van der Waals surface area contributed by atoms with Crippen LogP contribution in [-0.2, 0) is 9.53 Å². The first-order chi connectivity index (χ1) is 8.51. The van der Waals surface area contributed by atoms with Gasteiger partial charge in [0, 0.05) is 0 Å². The van der Waals surface area contributed by atoms with Crippen molar-refractivity contribution in [2.75, 3.05) is 17.9 Å². The van der Waals surface area contributed by atoms with Crippen molar-refractivity contribution in [3.63, 3.8) is 0 Å². The molecule has 1 aromatic carbocycles. The van der Waals surface area contributed by atoms with Crippen LogP contribution in [0.3, 0.4) is 0 Å². The van der Waals surface area contributed by atoms with E-state index in [1.54, 1.807) is 6.07 Å². The smallest absolute Gasteiger partial charge is 0.327 e. The average Bonchev–Trinajstić information content (AvgIpc) is 2.36. The van der Waals surface area contributed by atoms with Crippen molar-refractivity contribution >= 4 is 23.0 Å². The molecule has 0 heterocycles. The number of nitrogens with two attached hydrogens (primary N) is 1. The van der Waals surface area contributed by atoms with E-state index in [0.29, 0.717) is 0 Å². The number of nitro benzene ring substituents is 1. The van der Waals surface area contributed by atoms with Gasteiger partial charge >= 0.3 is 11.7 Å². The zero-order valence-electron chi connectivity index (χ0n) is 9.97. The third kappa shape index (κ3) is 2.86. The molecule has 0 aromatic heterocycles. The van der Waals surface area contributed by atoms with Gasteiger partial charge in [0.15, 0.2) is 0 Å². The predicted molar refractivity (Wildman–Crippen MR) is 66.0 cm³/mol. The highest BCUT2D eigenvalue weighted by atomic mass is 16.6. The van der Waals surface area contributed by atoms with Crippen molar-refractivity contribution in [3.05, 3.63) is 28.3 Å². The number of carbonyl (C=O) groups excluding carboxylic acids is 1. The van der Waals surface area contributed by atoms with Crippen LogP contribution in [0, 0.1) is 10.1 Å². The molecule has 1 aromatic rings. The summed E-state index contributed by atoms with van der Waals surface area (Å²) in [5, 5.41) is 13.7. The van der Waals surface area contributed by atoms with Crippen LogP contribution in [0.25, 0.3) is 0 Å². The van der Waals surface area contributed by atoms with Crippen LogP contribution in [-0.4, -0.2) is 24.0 Å². The van der Waals surface area contributed by atoms with E-state index in [1.807, 2.05) is 0 Å². The summed E-state index contributed by atoms with van der Waals surface area (Å²) in [6.45, 7) is 1.54. The van der Waals surface area contributed by atoms with Gasteiger partial charge in [0.25, 0.3) is 0 Å². The molecule has 0 aliphatic heterocycles. The Morgan fingerprint density at radius 2 is 2.11 bits per heavy atom. The van der Waals surface area contributed by atoms with Crippen molar-refractivity contribution in [2.45, 2.75) is 13.0 Å². The summed E-state index contributed by atoms with van der Waals surface area (Å²) < 4.78 is 4.53. The fourth-order valence-electron chi connectivity index (χ4n) is 1.44. The second kappa shape index (κ2) is 5.82. The lowest BCUT2D eigenvalue weighted by Crippen LogP contribution is -2.27. The monoisotopic (exact) mass is 254 g/mol. The van der Waals surface area contributed by atoms with E-state index in [9.17, 15) is 14.9 Å². The molecule has 0 radical (unpaired) electrons. The van der Waals surface area contributed by atoms with Gasteiger partial charge in [-0.1, -0.05) is 6.07 Å². The maximum absolute atomic E-state index is 11.3. The number of para-hydroxylation sites is 1. The average molecular weight is 254 g/mol. The van der Waals surface area contributed by atoms with Crippen LogP contribution in [0.4, 0.5) is 17.1 Å². The third-order valence-electron chi connectivity index (χ3n) is 2.30. The Balaban J connectivity index is 3.09. The number of anilines is 2. The number of ether oxygens (including phenoxy) is 1. The zero-order chi connectivity index (χ0) is 13.7. The van der Waals surface area contributed by atoms with Crippen LogP contribution < -0.4 is 16.6 Å². The maximum atomic E-state index is 11.3. The molecule has 0 saturated heterocycles. The Kier molecular flexibility index (Phi) is 4.44. The highest BCUT2D eigenvalue weighted by Gasteiger charge is 2.22. The van der Waals surface area contributed by atoms with Gasteiger partial charge in [-0.2, -0.15) is 0 Å². The SMILES string of the molecule is COC(=O)C(C)Nc1cccc(NN)c1[N+](=O)[O-]. The molecule has 1 atom stereocenters. The Morgan fingerprint density at radius 1 is 1.50 bits per heavy atom. The number of nitrogen functional groups attached to an aromatic ring is 1. The molecule has 0 spiro atoms. The Hall–Kier alpha value is -2.35. The molecule has 18 heavy (non-hydrogen) atoms. The molecule has 0 bridgehead atoms. The topological polar surface area (TPSA) is 120 Å². The number of benzene rings is 1. The highest BCUT2D eigenvalue weighted by molar-refractivity contribution is 5.82. The number of nitro groups is 1. The molecule has 1 unspecified atom stereocenters. The predicted octanol–water partition coefficient (Wildman–Crippen LogP) is 0.854. The van der Waals surface area contributed by atoms with Gasteiger partial charge in [0.2, 0.25) is 0 Å². The van der Waals surface area contributed by atoms with Crippen LogP contribution in [0.15, 0.2) is 18.2 Å². The number of methoxy groups -OCH3 is 1. The molecule has 0 saturated carbocycles. The van der Waals surface area contributed by atoms with Gasteiger partial charge in [-0.15, -0.1) is 0 Å². The summed E-state index contributed by atoms with van der Waals surface area (Å²) in [6.07, 6.45) is 0. The number of nitrogens with one attached hydrogen (secondary N) is 2. The molecule has 98 valence electrons. The molecule has 0 aliphatic rings. The van der Waals surface area contributed by atoms with Gasteiger partial charge in [-0.3, -0.25) is 16.0 Å². The highest BCUT2D eigenvalue weighted by Crippen LogP contribution is 2.32. The number of hydrogen-bond donors (Lipinski definition) is 3. The lowest BCUT2D eigenvalue weighted by Gasteiger charge is -2.14. The summed E-state index contributed by atoms with van der Waals surface area (Å²) in [4.78, 5) is 21.7. The van der Waals surface area contributed by atoms with E-state index in [-0.39, 0.29) is 17.1 Å². The van der Waals surface area contributed by atoms with Crippen LogP contribution in [0.5, 0.6) is 0 Å². The lowest BCUT2D eigenvalue weighted by atomic mass is 10.2. The lowest BCUT2D eigenvalue weighted by molar-refractivity contribution is -0.383. The molecular weight excluding hydrogens is 240 g/mol. The van der Waals surface area contributed by atoms with Gasteiger partial charge < -0.3 is 15.5 Å². The standard InChI is InChI=1S/C10H14N4O4/c1-6(10(15)18-2)12-7-4-3-5-8(13-11)9(7)14(16)17/h3-6,12-13H,11H2,1-2H3. The van der Waals surface area contributed by atoms with Crippen LogP contribution in [0.1, 0.15) is 6.92 Å². The molecule has 1 rings (SSSR count). The van der Waals surface area contributed by atoms with Crippen LogP contribution >= 0.6 is 0 Å². The number of hydrazine groups is 1. The minimum atomic E-state index is -0.707. The molecule has 8 nitrogen and oxygen atoms in total. The Bertz CT molecular complexity index is 463. The van der Waals surface area contributed by atoms with E-state index < -0.39 is 16.9 Å². The number of nitrogens with zero attached hydrogens (tertiary/aromatic N) is 1. The summed E-state index contributed by atoms with van der Waals surface area (Å²) >= 11 is 0. The number of rotatable bonds is 5. The minimum absolute atomic E-state index is 0.155. The fraction of sp³-hybridized carbons (Fsp3) is 0.300. The summed E-state index contributed by atoms with van der Waals surface area (Å²) in [5.74, 6) is 4.68. The van der Waals surface area contributed by atoms with Gasteiger partial charge in [-0.25, -0.2) is 4.79 Å². The van der Waals surface area contributed by atoms with Crippen molar-refractivity contribution in [1.82, 2.24) is 0 Å². The summed E-state index contributed by atoms with van der Waals surface area (Å²) in [5.41, 5.74) is 2.35. The van der Waals surface area contributed by atoms with Gasteiger partial charge in [-0.05, 0) is 19.1 Å². The molecule has 0 aliphatic carbocycles. The van der Waals surface area contributed by atoms with Crippen LogP contribution in [0.2, 0.25) is 0 Å². The molecule has 0 amide bonds. The molecular formula is C10H14N4O4. The largest absolute Gasteiger partial charge is 0.467 e. The summed E-state index contributed by atoms with van der Waals surface area (Å²) in [7, 11) is 1.24. The summed E-state index contributed by atoms with van der Waals surface area (Å²) in [6, 6.07) is 3.82. The minimum Gasteiger partial charge on any atom is -0.467 e. The quantitative estimate of drug-likeness (QED) is 0.308. The van der Waals surface area contributed by atoms with E-state index in [1.165, 1.54) is 26.2 Å². The Morgan fingerprint density at radius 3 is 2.61 bits per heavy atom. The molecule has 0 fully saturated rings. The first-order valence-electron chi connectivity index (χ1n) is 5.09. The maximum Gasteiger partial charge on any atom is 0.327 e. The first kappa shape index (κ1) is 13.7. The molecule has 8 heteroatoms. The van der Waals surface area contributed by atoms with Gasteiger partial charge in [0.05, 0.1) is 12.0 Å². The zero-order valence-corrected chi connectivity index (χ0v) is 9.97. The van der Waals surface area contributed by atoms with Crippen molar-refractivity contribution in [2.24, 2.45) is 5.84 Å². The van der Waals surface area contributed by atoms with Crippen molar-refractivity contribution < 1.29 is 14.5 Å². The second-order valence-electron chi connectivity index (χ2n) is 3.49. The number of hydrogen-bond acceptors (Lipinski definition) is 7. The molecule has 4 N–H and O–H groups in total. The van der Waals surface area contributed by atoms with E-state index >= 15 is 0 Å². The fourth-order valence-corrected chi connectivity index (χ4v) is 1.44.